The summed E-state index contributed by atoms with van der Waals surface area (Å²) in [5.74, 6) is 0.329. The lowest BCUT2D eigenvalue weighted by atomic mass is 10.0. The molecule has 0 amide bonds. The topological polar surface area (TPSA) is 88.2 Å². The van der Waals surface area contributed by atoms with Gasteiger partial charge in [0.15, 0.2) is 6.29 Å². The predicted octanol–water partition coefficient (Wildman–Crippen LogP) is 6.57. The molecule has 0 atom stereocenters. The molecule has 0 unspecified atom stereocenters. The summed E-state index contributed by atoms with van der Waals surface area (Å²) in [6, 6.07) is 1.72. The third-order valence-electron chi connectivity index (χ3n) is 6.24. The Bertz CT molecular complexity index is 1390. The number of piperazine rings is 1. The number of anilines is 1. The zero-order chi connectivity index (χ0) is 29.2. The lowest BCUT2D eigenvalue weighted by Gasteiger charge is -2.33. The molecule has 5 rings (SSSR count). The second-order valence-electron chi connectivity index (χ2n) is 8.88. The molecule has 40 heavy (non-hydrogen) atoms. The average Bonchev–Trinajstić information content (AvgIpc) is 3.20. The van der Waals surface area contributed by atoms with Crippen molar-refractivity contribution in [1.29, 1.82) is 0 Å². The smallest absolute Gasteiger partial charge is 0.155 e. The van der Waals surface area contributed by atoms with Gasteiger partial charge in [0.05, 0.1) is 28.2 Å². The second-order valence-corrected chi connectivity index (χ2v) is 9.28. The molecule has 0 bridgehead atoms. The zero-order valence-corrected chi connectivity index (χ0v) is 24.0. The Morgan fingerprint density at radius 3 is 2.38 bits per heavy atom. The number of carbonyl (C=O) groups excluding carboxylic acids is 1. The van der Waals surface area contributed by atoms with Crippen LogP contribution < -0.4 is 4.90 Å². The summed E-state index contributed by atoms with van der Waals surface area (Å²) in [5, 5.41) is 3.97. The molecule has 1 saturated heterocycles. The van der Waals surface area contributed by atoms with E-state index in [0.717, 1.165) is 32.5 Å². The molecule has 11 heteroatoms. The lowest BCUT2D eigenvalue weighted by molar-refractivity contribution is 0.112. The molecule has 8 nitrogen and oxygen atoms in total. The third-order valence-corrected chi connectivity index (χ3v) is 6.54. The summed E-state index contributed by atoms with van der Waals surface area (Å²) in [6.45, 7) is 10.9. The van der Waals surface area contributed by atoms with Crippen LogP contribution >= 0.6 is 11.6 Å². The Morgan fingerprint density at radius 1 is 1.05 bits per heavy atom. The van der Waals surface area contributed by atoms with Gasteiger partial charge in [-0.2, -0.15) is 0 Å². The molecule has 212 valence electrons. The Morgan fingerprint density at radius 2 is 1.77 bits per heavy atom. The van der Waals surface area contributed by atoms with Crippen molar-refractivity contribution < 1.29 is 18.1 Å². The fourth-order valence-corrected chi connectivity index (χ4v) is 4.20. The van der Waals surface area contributed by atoms with Gasteiger partial charge in [0, 0.05) is 56.1 Å². The monoisotopic (exact) mass is 570 g/mol. The fraction of sp³-hybridized carbons (Fsp3) is 0.345. The number of aldehydes is 1. The van der Waals surface area contributed by atoms with Crippen molar-refractivity contribution in [2.75, 3.05) is 38.1 Å². The number of halogens is 3. The highest BCUT2D eigenvalue weighted by molar-refractivity contribution is 6.33. The van der Waals surface area contributed by atoms with Crippen LogP contribution in [0.1, 0.15) is 47.8 Å². The molecule has 0 aromatic carbocycles. The molecular weight excluding hydrogens is 538 g/mol. The number of aromatic nitrogens is 4. The molecule has 0 N–H and O–H groups in total. The maximum Gasteiger partial charge on any atom is 0.155 e. The van der Waals surface area contributed by atoms with E-state index in [1.165, 1.54) is 24.4 Å². The number of nitrogens with zero attached hydrogens (tertiary/aromatic N) is 6. The van der Waals surface area contributed by atoms with Crippen LogP contribution in [0.15, 0.2) is 59.1 Å². The molecular formula is C29H33ClF2N6O2. The van der Waals surface area contributed by atoms with Crippen molar-refractivity contribution in [2.45, 2.75) is 34.1 Å². The summed E-state index contributed by atoms with van der Waals surface area (Å²) in [5.41, 5.74) is 2.76. The van der Waals surface area contributed by atoms with Gasteiger partial charge < -0.3 is 14.3 Å². The molecule has 0 saturated carbocycles. The number of allylic oxidation sites excluding steroid dienone is 6. The van der Waals surface area contributed by atoms with Crippen molar-refractivity contribution >= 4 is 29.3 Å². The first kappa shape index (κ1) is 30.8. The standard InChI is InChI=1S/C21H20ClF2N5.C6H7NO2.C2H6/c1-28-8-10-29(11-9-28)19-13-26-20(16-4-2-14(23)3-5-18(16)24)21(27-19)15-6-7-25-12-17(15)22;1-4-6(3-8)5(2)9-7-4;1-2/h2,4-7,12-13H,3,8-11H2,1H3;3H,1-2H3;1-2H3. The minimum Gasteiger partial charge on any atom is -0.361 e. The SMILES string of the molecule is CC.CN1CCN(c2cnc(C3=CC=C(F)CC=C3F)c(-c3ccncc3Cl)n2)CC1.Cc1noc(C)c1C=O. The number of aryl methyl sites for hydroxylation is 2. The molecule has 4 heterocycles. The Kier molecular flexibility index (Phi) is 11.2. The van der Waals surface area contributed by atoms with E-state index in [2.05, 4.69) is 32.0 Å². The minimum absolute atomic E-state index is 0.0933. The van der Waals surface area contributed by atoms with E-state index in [1.807, 2.05) is 13.8 Å². The first-order valence-electron chi connectivity index (χ1n) is 13.0. The van der Waals surface area contributed by atoms with Crippen LogP contribution in [-0.2, 0) is 0 Å². The van der Waals surface area contributed by atoms with Crippen molar-refractivity contribution in [3.63, 3.8) is 0 Å². The van der Waals surface area contributed by atoms with Gasteiger partial charge in [0.1, 0.15) is 28.9 Å². The van der Waals surface area contributed by atoms with E-state index in [9.17, 15) is 13.6 Å². The van der Waals surface area contributed by atoms with E-state index < -0.39 is 11.7 Å². The Hall–Kier alpha value is -3.76. The summed E-state index contributed by atoms with van der Waals surface area (Å²) in [6.07, 6.45) is 9.27. The van der Waals surface area contributed by atoms with Gasteiger partial charge in [-0.3, -0.25) is 9.78 Å². The normalized spacial score (nSPS) is 15.4. The van der Waals surface area contributed by atoms with Crippen LogP contribution in [0.5, 0.6) is 0 Å². The van der Waals surface area contributed by atoms with E-state index >= 15 is 0 Å². The van der Waals surface area contributed by atoms with Crippen LogP contribution in [0.3, 0.4) is 0 Å². The van der Waals surface area contributed by atoms with Crippen molar-refractivity contribution in [3.05, 3.63) is 82.3 Å². The number of hydrogen-bond donors (Lipinski definition) is 0. The van der Waals surface area contributed by atoms with Gasteiger partial charge in [-0.05, 0) is 45.2 Å². The molecule has 1 fully saturated rings. The quantitative estimate of drug-likeness (QED) is 0.326. The summed E-state index contributed by atoms with van der Waals surface area (Å²) in [4.78, 5) is 27.9. The molecule has 3 aromatic heterocycles. The number of carbonyl (C=O) groups is 1. The highest BCUT2D eigenvalue weighted by Gasteiger charge is 2.23. The third kappa shape index (κ3) is 7.45. The van der Waals surface area contributed by atoms with Gasteiger partial charge >= 0.3 is 0 Å². The molecule has 1 aliphatic carbocycles. The van der Waals surface area contributed by atoms with Crippen molar-refractivity contribution in [1.82, 2.24) is 25.0 Å². The van der Waals surface area contributed by atoms with Crippen molar-refractivity contribution in [2.24, 2.45) is 0 Å². The Labute approximate surface area is 238 Å². The number of pyridine rings is 1. The molecule has 2 aliphatic rings. The molecule has 3 aromatic rings. The maximum absolute atomic E-state index is 14.7. The van der Waals surface area contributed by atoms with Gasteiger partial charge in [-0.25, -0.2) is 18.7 Å². The minimum atomic E-state index is -0.540. The average molecular weight is 571 g/mol. The van der Waals surface area contributed by atoms with E-state index in [-0.39, 0.29) is 12.0 Å². The second kappa shape index (κ2) is 14.6. The predicted molar refractivity (Wildman–Crippen MR) is 154 cm³/mol. The number of rotatable bonds is 4. The first-order chi connectivity index (χ1) is 19.3. The fourth-order valence-electron chi connectivity index (χ4n) is 3.99. The van der Waals surface area contributed by atoms with Gasteiger partial charge in [0.25, 0.3) is 0 Å². The highest BCUT2D eigenvalue weighted by Crippen LogP contribution is 2.36. The largest absolute Gasteiger partial charge is 0.361 e. The maximum atomic E-state index is 14.7. The summed E-state index contributed by atoms with van der Waals surface area (Å²) < 4.78 is 33.1. The van der Waals surface area contributed by atoms with E-state index in [1.54, 1.807) is 32.3 Å². The molecule has 1 aliphatic heterocycles. The lowest BCUT2D eigenvalue weighted by Crippen LogP contribution is -2.44. The van der Waals surface area contributed by atoms with Gasteiger partial charge in [0.2, 0.25) is 0 Å². The molecule has 0 spiro atoms. The van der Waals surface area contributed by atoms with Crippen LogP contribution in [-0.4, -0.2) is 64.5 Å². The summed E-state index contributed by atoms with van der Waals surface area (Å²) in [7, 11) is 2.08. The van der Waals surface area contributed by atoms with Gasteiger partial charge in [-0.15, -0.1) is 0 Å². The van der Waals surface area contributed by atoms with Crippen LogP contribution in [0.25, 0.3) is 16.8 Å². The van der Waals surface area contributed by atoms with Crippen LogP contribution in [0.4, 0.5) is 14.6 Å². The Balaban J connectivity index is 0.000000339. The van der Waals surface area contributed by atoms with Crippen molar-refractivity contribution in [3.8, 4) is 11.3 Å². The summed E-state index contributed by atoms with van der Waals surface area (Å²) >= 11 is 6.37. The van der Waals surface area contributed by atoms with Crippen LogP contribution in [0, 0.1) is 13.8 Å². The van der Waals surface area contributed by atoms with Crippen LogP contribution in [0.2, 0.25) is 5.02 Å². The number of likely N-dealkylation sites (N-methyl/N-ethyl adjacent to an activating group) is 1. The van der Waals surface area contributed by atoms with E-state index in [4.69, 9.17) is 21.1 Å². The zero-order valence-electron chi connectivity index (χ0n) is 23.3. The highest BCUT2D eigenvalue weighted by atomic mass is 35.5. The number of hydrogen-bond acceptors (Lipinski definition) is 8. The van der Waals surface area contributed by atoms with E-state index in [0.29, 0.717) is 44.8 Å². The van der Waals surface area contributed by atoms with Gasteiger partial charge in [-0.1, -0.05) is 30.6 Å². The molecule has 0 radical (unpaired) electrons. The first-order valence-corrected chi connectivity index (χ1v) is 13.4.